The van der Waals surface area contributed by atoms with Gasteiger partial charge in [0, 0.05) is 18.0 Å². The zero-order chi connectivity index (χ0) is 17.7. The monoisotopic (exact) mass is 336 g/mol. The SMILES string of the molecule is CC(C)CNC(=O)C(C)(C)C1=CCC(S(=O)(=O)/C=C/C#N)C=C1. The van der Waals surface area contributed by atoms with E-state index in [4.69, 9.17) is 5.26 Å². The zero-order valence-corrected chi connectivity index (χ0v) is 14.9. The summed E-state index contributed by atoms with van der Waals surface area (Å²) in [5.41, 5.74) is 0.0808. The van der Waals surface area contributed by atoms with Crippen molar-refractivity contribution in [2.24, 2.45) is 11.3 Å². The second-order valence-corrected chi connectivity index (χ2v) is 8.60. The molecule has 5 nitrogen and oxygen atoms in total. The summed E-state index contributed by atoms with van der Waals surface area (Å²) in [4.78, 5) is 12.3. The van der Waals surface area contributed by atoms with Gasteiger partial charge in [0.05, 0.1) is 16.7 Å². The first-order valence-corrected chi connectivity index (χ1v) is 9.19. The molecule has 0 aromatic heterocycles. The maximum absolute atomic E-state index is 12.3. The van der Waals surface area contributed by atoms with Crippen molar-refractivity contribution in [3.8, 4) is 6.07 Å². The smallest absolute Gasteiger partial charge is 0.230 e. The molecule has 0 aromatic rings. The van der Waals surface area contributed by atoms with E-state index in [-0.39, 0.29) is 5.91 Å². The molecule has 1 amide bonds. The maximum atomic E-state index is 12.3. The third kappa shape index (κ3) is 5.07. The molecule has 0 saturated heterocycles. The lowest BCUT2D eigenvalue weighted by atomic mass is 9.80. The quantitative estimate of drug-likeness (QED) is 0.755. The van der Waals surface area contributed by atoms with Crippen LogP contribution in [0.4, 0.5) is 0 Å². The van der Waals surface area contributed by atoms with Crippen LogP contribution in [-0.4, -0.2) is 26.1 Å². The highest BCUT2D eigenvalue weighted by Gasteiger charge is 2.33. The van der Waals surface area contributed by atoms with Crippen LogP contribution >= 0.6 is 0 Å². The van der Waals surface area contributed by atoms with Crippen molar-refractivity contribution in [3.05, 3.63) is 35.3 Å². The van der Waals surface area contributed by atoms with Crippen molar-refractivity contribution >= 4 is 15.7 Å². The predicted octanol–water partition coefficient (Wildman–Crippen LogP) is 2.49. The van der Waals surface area contributed by atoms with Crippen molar-refractivity contribution in [2.75, 3.05) is 6.54 Å². The Balaban J connectivity index is 2.83. The molecule has 0 saturated carbocycles. The van der Waals surface area contributed by atoms with E-state index in [0.717, 1.165) is 17.1 Å². The van der Waals surface area contributed by atoms with E-state index in [0.29, 0.717) is 18.9 Å². The van der Waals surface area contributed by atoms with Gasteiger partial charge in [0.2, 0.25) is 5.91 Å². The van der Waals surface area contributed by atoms with Crippen molar-refractivity contribution in [1.29, 1.82) is 5.26 Å². The van der Waals surface area contributed by atoms with Crippen molar-refractivity contribution in [2.45, 2.75) is 39.4 Å². The number of amides is 1. The molecular formula is C17H24N2O3S. The van der Waals surface area contributed by atoms with Crippen molar-refractivity contribution in [1.82, 2.24) is 5.32 Å². The van der Waals surface area contributed by atoms with Gasteiger partial charge in [-0.2, -0.15) is 5.26 Å². The second kappa shape index (κ2) is 7.60. The van der Waals surface area contributed by atoms with Crippen LogP contribution in [0.2, 0.25) is 0 Å². The molecule has 126 valence electrons. The molecule has 0 aromatic carbocycles. The van der Waals surface area contributed by atoms with E-state index in [1.165, 1.54) is 0 Å². The Bertz CT molecular complexity index is 677. The van der Waals surface area contributed by atoms with Gasteiger partial charge in [-0.05, 0) is 31.8 Å². The Labute approximate surface area is 138 Å². The lowest BCUT2D eigenvalue weighted by Crippen LogP contribution is -2.40. The van der Waals surface area contributed by atoms with E-state index in [2.05, 4.69) is 5.32 Å². The minimum absolute atomic E-state index is 0.0761. The summed E-state index contributed by atoms with van der Waals surface area (Å²) < 4.78 is 24.0. The van der Waals surface area contributed by atoms with E-state index >= 15 is 0 Å². The van der Waals surface area contributed by atoms with Gasteiger partial charge in [0.25, 0.3) is 0 Å². The van der Waals surface area contributed by atoms with E-state index in [1.54, 1.807) is 24.3 Å². The third-order valence-corrected chi connectivity index (χ3v) is 5.48. The number of nitrogens with one attached hydrogen (secondary N) is 1. The van der Waals surface area contributed by atoms with Gasteiger partial charge in [-0.25, -0.2) is 8.42 Å². The number of hydrogen-bond acceptors (Lipinski definition) is 4. The highest BCUT2D eigenvalue weighted by atomic mass is 32.2. The van der Waals surface area contributed by atoms with Crippen molar-refractivity contribution < 1.29 is 13.2 Å². The molecule has 1 atom stereocenters. The minimum Gasteiger partial charge on any atom is -0.355 e. The molecule has 0 spiro atoms. The number of carbonyl (C=O) groups is 1. The maximum Gasteiger partial charge on any atom is 0.230 e. The Morgan fingerprint density at radius 2 is 2.17 bits per heavy atom. The molecule has 0 fully saturated rings. The van der Waals surface area contributed by atoms with Gasteiger partial charge < -0.3 is 5.32 Å². The van der Waals surface area contributed by atoms with E-state index in [9.17, 15) is 13.2 Å². The molecule has 23 heavy (non-hydrogen) atoms. The standard InChI is InChI=1S/C17H24N2O3S/c1-13(2)12-19-16(20)17(3,4)14-6-8-15(9-7-14)23(21,22)11-5-10-18/h5-8,11,13,15H,9,12H2,1-4H3,(H,19,20)/b11-5+. The molecule has 1 unspecified atom stereocenters. The molecule has 1 aliphatic rings. The molecular weight excluding hydrogens is 312 g/mol. The average Bonchev–Trinajstić information content (AvgIpc) is 2.50. The molecule has 1 aliphatic carbocycles. The fourth-order valence-electron chi connectivity index (χ4n) is 2.18. The number of carbonyl (C=O) groups excluding carboxylic acids is 1. The molecule has 1 N–H and O–H groups in total. The Morgan fingerprint density at radius 1 is 1.52 bits per heavy atom. The third-order valence-electron chi connectivity index (χ3n) is 3.77. The molecule has 0 bridgehead atoms. The first-order chi connectivity index (χ1) is 10.6. The molecule has 0 radical (unpaired) electrons. The molecule has 6 heteroatoms. The second-order valence-electron chi connectivity index (χ2n) is 6.54. The van der Waals surface area contributed by atoms with Crippen LogP contribution in [0.15, 0.2) is 35.3 Å². The van der Waals surface area contributed by atoms with Gasteiger partial charge in [-0.1, -0.05) is 32.1 Å². The van der Waals surface area contributed by atoms with Crippen LogP contribution in [0.1, 0.15) is 34.1 Å². The summed E-state index contributed by atoms with van der Waals surface area (Å²) in [6, 6.07) is 1.68. The summed E-state index contributed by atoms with van der Waals surface area (Å²) in [6.45, 7) is 8.30. The number of rotatable bonds is 6. The van der Waals surface area contributed by atoms with Gasteiger partial charge in [-0.3, -0.25) is 4.79 Å². The van der Waals surface area contributed by atoms with Crippen LogP contribution in [0, 0.1) is 22.7 Å². The topological polar surface area (TPSA) is 87.0 Å². The first kappa shape index (κ1) is 19.2. The van der Waals surface area contributed by atoms with Crippen LogP contribution in [0.3, 0.4) is 0 Å². The molecule has 1 rings (SSSR count). The highest BCUT2D eigenvalue weighted by molar-refractivity contribution is 7.95. The summed E-state index contributed by atoms with van der Waals surface area (Å²) >= 11 is 0. The fraction of sp³-hybridized carbons (Fsp3) is 0.529. The minimum atomic E-state index is -3.49. The van der Waals surface area contributed by atoms with E-state index in [1.807, 2.05) is 27.7 Å². The number of sulfone groups is 1. The van der Waals surface area contributed by atoms with Gasteiger partial charge in [-0.15, -0.1) is 0 Å². The summed E-state index contributed by atoms with van der Waals surface area (Å²) in [6.07, 6.45) is 6.33. The number of hydrogen-bond donors (Lipinski definition) is 1. The largest absolute Gasteiger partial charge is 0.355 e. The molecule has 0 aliphatic heterocycles. The first-order valence-electron chi connectivity index (χ1n) is 7.58. The highest BCUT2D eigenvalue weighted by Crippen LogP contribution is 2.32. The Kier molecular flexibility index (Phi) is 6.34. The summed E-state index contributed by atoms with van der Waals surface area (Å²) in [5, 5.41) is 11.6. The van der Waals surface area contributed by atoms with Crippen LogP contribution in [0.25, 0.3) is 0 Å². The van der Waals surface area contributed by atoms with Crippen molar-refractivity contribution in [3.63, 3.8) is 0 Å². The van der Waals surface area contributed by atoms with Crippen LogP contribution in [0.5, 0.6) is 0 Å². The van der Waals surface area contributed by atoms with Gasteiger partial charge in [0.1, 0.15) is 0 Å². The van der Waals surface area contributed by atoms with Gasteiger partial charge >= 0.3 is 0 Å². The van der Waals surface area contributed by atoms with Crippen LogP contribution in [-0.2, 0) is 14.6 Å². The number of allylic oxidation sites excluding steroid dienone is 3. The number of nitriles is 1. The average molecular weight is 336 g/mol. The van der Waals surface area contributed by atoms with E-state index < -0.39 is 20.5 Å². The summed E-state index contributed by atoms with van der Waals surface area (Å²) in [5.74, 6) is 0.292. The predicted molar refractivity (Wildman–Crippen MR) is 90.9 cm³/mol. The number of nitrogens with zero attached hydrogens (tertiary/aromatic N) is 1. The van der Waals surface area contributed by atoms with Crippen LogP contribution < -0.4 is 5.32 Å². The zero-order valence-electron chi connectivity index (χ0n) is 14.0. The lowest BCUT2D eigenvalue weighted by molar-refractivity contribution is -0.127. The molecule has 0 heterocycles. The summed E-state index contributed by atoms with van der Waals surface area (Å²) in [7, 11) is -3.49. The van der Waals surface area contributed by atoms with Gasteiger partial charge in [0.15, 0.2) is 9.84 Å². The fourth-order valence-corrected chi connectivity index (χ4v) is 3.30. The Morgan fingerprint density at radius 3 is 2.65 bits per heavy atom. The Hall–Kier alpha value is -1.87. The normalized spacial score (nSPS) is 18.8. The lowest BCUT2D eigenvalue weighted by Gasteiger charge is -2.28.